The van der Waals surface area contributed by atoms with E-state index in [-0.39, 0.29) is 11.2 Å². The Balaban J connectivity index is 2.12. The first-order valence-electron chi connectivity index (χ1n) is 5.56. The van der Waals surface area contributed by atoms with Crippen LogP contribution in [0.5, 0.6) is 0 Å². The molecule has 1 aromatic rings. The third-order valence-electron chi connectivity index (χ3n) is 2.84. The molecule has 1 fully saturated rings. The summed E-state index contributed by atoms with van der Waals surface area (Å²) in [6.45, 7) is 1.94. The molecule has 3 N–H and O–H groups in total. The van der Waals surface area contributed by atoms with Gasteiger partial charge in [-0.25, -0.2) is 0 Å². The summed E-state index contributed by atoms with van der Waals surface area (Å²) in [7, 11) is 0. The SMILES string of the molecule is Cc1cc(Br)c(NC(=O)C2CCCS2)cc1N. The second-order valence-electron chi connectivity index (χ2n) is 4.18. The molecule has 0 spiro atoms. The van der Waals surface area contributed by atoms with Crippen LogP contribution in [0, 0.1) is 6.92 Å². The zero-order valence-corrected chi connectivity index (χ0v) is 12.0. The zero-order chi connectivity index (χ0) is 12.4. The van der Waals surface area contributed by atoms with Gasteiger partial charge in [-0.2, -0.15) is 0 Å². The molecule has 0 aromatic heterocycles. The Morgan fingerprint density at radius 2 is 2.35 bits per heavy atom. The Kier molecular flexibility index (Phi) is 3.99. The predicted molar refractivity (Wildman–Crippen MR) is 77.4 cm³/mol. The Labute approximate surface area is 114 Å². The Bertz CT molecular complexity index is 444. The molecule has 0 aliphatic carbocycles. The van der Waals surface area contributed by atoms with E-state index in [1.807, 2.05) is 13.0 Å². The van der Waals surface area contributed by atoms with Gasteiger partial charge in [-0.05, 0) is 59.1 Å². The van der Waals surface area contributed by atoms with Gasteiger partial charge in [-0.1, -0.05) is 0 Å². The fraction of sp³-hybridized carbons (Fsp3) is 0.417. The van der Waals surface area contributed by atoms with Crippen LogP contribution in [-0.2, 0) is 4.79 Å². The first kappa shape index (κ1) is 12.8. The van der Waals surface area contributed by atoms with Crippen molar-refractivity contribution in [3.63, 3.8) is 0 Å². The third kappa shape index (κ3) is 2.96. The maximum atomic E-state index is 12.0. The third-order valence-corrected chi connectivity index (χ3v) is 4.87. The number of benzene rings is 1. The van der Waals surface area contributed by atoms with E-state index in [0.717, 1.165) is 34.3 Å². The van der Waals surface area contributed by atoms with Gasteiger partial charge in [0.1, 0.15) is 0 Å². The lowest BCUT2D eigenvalue weighted by Gasteiger charge is -2.13. The van der Waals surface area contributed by atoms with Gasteiger partial charge in [0.2, 0.25) is 5.91 Å². The van der Waals surface area contributed by atoms with Gasteiger partial charge in [-0.15, -0.1) is 11.8 Å². The molecule has 1 aliphatic heterocycles. The highest BCUT2D eigenvalue weighted by atomic mass is 79.9. The van der Waals surface area contributed by atoms with E-state index in [2.05, 4.69) is 21.2 Å². The topological polar surface area (TPSA) is 55.1 Å². The van der Waals surface area contributed by atoms with Crippen LogP contribution < -0.4 is 11.1 Å². The lowest BCUT2D eigenvalue weighted by atomic mass is 10.2. The molecule has 17 heavy (non-hydrogen) atoms. The van der Waals surface area contributed by atoms with Crippen LogP contribution in [0.15, 0.2) is 16.6 Å². The lowest BCUT2D eigenvalue weighted by molar-refractivity contribution is -0.115. The number of carbonyl (C=O) groups excluding carboxylic acids is 1. The second-order valence-corrected chi connectivity index (χ2v) is 6.34. The summed E-state index contributed by atoms with van der Waals surface area (Å²) >= 11 is 5.17. The summed E-state index contributed by atoms with van der Waals surface area (Å²) in [5.41, 5.74) is 8.30. The zero-order valence-electron chi connectivity index (χ0n) is 9.63. The van der Waals surface area contributed by atoms with Crippen molar-refractivity contribution in [1.82, 2.24) is 0 Å². The van der Waals surface area contributed by atoms with Gasteiger partial charge < -0.3 is 11.1 Å². The molecule has 1 saturated heterocycles. The van der Waals surface area contributed by atoms with Gasteiger partial charge in [-0.3, -0.25) is 4.79 Å². The van der Waals surface area contributed by atoms with Gasteiger partial charge in [0.15, 0.2) is 0 Å². The first-order valence-corrected chi connectivity index (χ1v) is 7.40. The molecule has 0 bridgehead atoms. The summed E-state index contributed by atoms with van der Waals surface area (Å²) in [6.07, 6.45) is 2.09. The van der Waals surface area contributed by atoms with Gasteiger partial charge in [0.25, 0.3) is 0 Å². The molecule has 1 heterocycles. The van der Waals surface area contributed by atoms with Crippen molar-refractivity contribution in [3.8, 4) is 0 Å². The van der Waals surface area contributed by atoms with Crippen LogP contribution >= 0.6 is 27.7 Å². The monoisotopic (exact) mass is 314 g/mol. The van der Waals surface area contributed by atoms with Crippen LogP contribution in [0.25, 0.3) is 0 Å². The molecule has 0 radical (unpaired) electrons. The number of hydrogen-bond donors (Lipinski definition) is 2. The average Bonchev–Trinajstić information content (AvgIpc) is 2.79. The highest BCUT2D eigenvalue weighted by molar-refractivity contribution is 9.10. The number of thioether (sulfide) groups is 1. The average molecular weight is 315 g/mol. The van der Waals surface area contributed by atoms with E-state index in [0.29, 0.717) is 5.69 Å². The Morgan fingerprint density at radius 1 is 1.59 bits per heavy atom. The number of nitrogen functional groups attached to an aromatic ring is 1. The molecular formula is C12H15BrN2OS. The number of nitrogens with two attached hydrogens (primary N) is 1. The maximum Gasteiger partial charge on any atom is 0.237 e. The first-order chi connectivity index (χ1) is 8.08. The van der Waals surface area contributed by atoms with Crippen LogP contribution in [0.1, 0.15) is 18.4 Å². The van der Waals surface area contributed by atoms with Gasteiger partial charge in [0.05, 0.1) is 10.9 Å². The highest BCUT2D eigenvalue weighted by Crippen LogP contribution is 2.31. The molecule has 1 aliphatic rings. The number of halogens is 1. The molecular weight excluding hydrogens is 300 g/mol. The standard InChI is InChI=1S/C12H15BrN2OS/c1-7-5-8(13)10(6-9(7)14)15-12(16)11-3-2-4-17-11/h5-6,11H,2-4,14H2,1H3,(H,15,16). The number of rotatable bonds is 2. The van der Waals surface area contributed by atoms with Gasteiger partial charge in [0, 0.05) is 10.2 Å². The van der Waals surface area contributed by atoms with Crippen molar-refractivity contribution < 1.29 is 4.79 Å². The van der Waals surface area contributed by atoms with E-state index >= 15 is 0 Å². The van der Waals surface area contributed by atoms with Crippen LogP contribution in [0.3, 0.4) is 0 Å². The lowest BCUT2D eigenvalue weighted by Crippen LogP contribution is -2.23. The summed E-state index contributed by atoms with van der Waals surface area (Å²) in [5.74, 6) is 1.16. The van der Waals surface area contributed by atoms with Crippen molar-refractivity contribution in [2.45, 2.75) is 25.0 Å². The van der Waals surface area contributed by atoms with Crippen molar-refractivity contribution in [2.75, 3.05) is 16.8 Å². The van der Waals surface area contributed by atoms with Crippen LogP contribution in [0.2, 0.25) is 0 Å². The van der Waals surface area contributed by atoms with Crippen molar-refractivity contribution in [1.29, 1.82) is 0 Å². The minimum atomic E-state index is 0.0800. The van der Waals surface area contributed by atoms with Crippen molar-refractivity contribution in [2.24, 2.45) is 0 Å². The van der Waals surface area contributed by atoms with Crippen LogP contribution in [0.4, 0.5) is 11.4 Å². The number of aryl methyl sites for hydroxylation is 1. The molecule has 92 valence electrons. The fourth-order valence-electron chi connectivity index (χ4n) is 1.78. The van der Waals surface area contributed by atoms with E-state index in [9.17, 15) is 4.79 Å². The molecule has 1 aromatic carbocycles. The number of hydrogen-bond acceptors (Lipinski definition) is 3. The largest absolute Gasteiger partial charge is 0.398 e. The van der Waals surface area contributed by atoms with Gasteiger partial charge >= 0.3 is 0 Å². The molecule has 3 nitrogen and oxygen atoms in total. The number of nitrogens with one attached hydrogen (secondary N) is 1. The van der Waals surface area contributed by atoms with E-state index in [4.69, 9.17) is 5.73 Å². The van der Waals surface area contributed by atoms with Crippen LogP contribution in [-0.4, -0.2) is 16.9 Å². The molecule has 5 heteroatoms. The van der Waals surface area contributed by atoms with Crippen molar-refractivity contribution in [3.05, 3.63) is 22.2 Å². The summed E-state index contributed by atoms with van der Waals surface area (Å²) < 4.78 is 0.876. The molecule has 1 atom stereocenters. The van der Waals surface area contributed by atoms with Crippen molar-refractivity contribution >= 4 is 45.0 Å². The normalized spacial score (nSPS) is 19.3. The second kappa shape index (κ2) is 5.31. The fourth-order valence-corrected chi connectivity index (χ4v) is 3.50. The van der Waals surface area contributed by atoms with E-state index in [1.54, 1.807) is 17.8 Å². The number of anilines is 2. The number of amides is 1. The maximum absolute atomic E-state index is 12.0. The summed E-state index contributed by atoms with van der Waals surface area (Å²) in [5, 5.41) is 3.02. The smallest absolute Gasteiger partial charge is 0.237 e. The van der Waals surface area contributed by atoms with E-state index < -0.39 is 0 Å². The molecule has 1 amide bonds. The van der Waals surface area contributed by atoms with E-state index in [1.165, 1.54) is 0 Å². The minimum Gasteiger partial charge on any atom is -0.398 e. The molecule has 1 unspecified atom stereocenters. The molecule has 2 rings (SSSR count). The highest BCUT2D eigenvalue weighted by Gasteiger charge is 2.23. The molecule has 0 saturated carbocycles. The Morgan fingerprint density at radius 3 is 3.00 bits per heavy atom. The summed E-state index contributed by atoms with van der Waals surface area (Å²) in [6, 6.07) is 3.73. The number of carbonyl (C=O) groups is 1. The Hall–Kier alpha value is -0.680. The predicted octanol–water partition coefficient (Wildman–Crippen LogP) is 3.17. The quantitative estimate of drug-likeness (QED) is 0.824. The summed E-state index contributed by atoms with van der Waals surface area (Å²) in [4.78, 5) is 12.0. The minimum absolute atomic E-state index is 0.0800.